The van der Waals surface area contributed by atoms with Crippen LogP contribution >= 0.6 is 0 Å². The molecule has 0 aliphatic carbocycles. The van der Waals surface area contributed by atoms with Crippen LogP contribution in [-0.4, -0.2) is 46.0 Å². The van der Waals surface area contributed by atoms with Gasteiger partial charge in [0.1, 0.15) is 17.6 Å². The van der Waals surface area contributed by atoms with Crippen molar-refractivity contribution in [1.29, 1.82) is 0 Å². The Morgan fingerprint density at radius 3 is 2.60 bits per heavy atom. The summed E-state index contributed by atoms with van der Waals surface area (Å²) in [6.07, 6.45) is 5.93. The first-order chi connectivity index (χ1) is 19.4. The molecule has 3 heterocycles. The van der Waals surface area contributed by atoms with Crippen LogP contribution in [0.1, 0.15) is 61.9 Å². The van der Waals surface area contributed by atoms with Gasteiger partial charge < -0.3 is 24.2 Å². The lowest BCUT2D eigenvalue weighted by Crippen LogP contribution is -2.29. The summed E-state index contributed by atoms with van der Waals surface area (Å²) in [5, 5.41) is 11.6. The maximum atomic E-state index is 13.5. The molecule has 0 radical (unpaired) electrons. The second-order valence-corrected chi connectivity index (χ2v) is 10.1. The Kier molecular flexibility index (Phi) is 8.05. The van der Waals surface area contributed by atoms with E-state index < -0.39 is 17.7 Å². The van der Waals surface area contributed by atoms with Crippen molar-refractivity contribution in [1.82, 2.24) is 9.88 Å². The Labute approximate surface area is 234 Å². The lowest BCUT2D eigenvalue weighted by atomic mass is 9.94. The Bertz CT molecular complexity index is 1430. The highest BCUT2D eigenvalue weighted by Crippen LogP contribution is 2.43. The molecule has 0 saturated carbocycles. The minimum Gasteiger partial charge on any atom is -0.507 e. The van der Waals surface area contributed by atoms with E-state index in [2.05, 4.69) is 11.9 Å². The summed E-state index contributed by atoms with van der Waals surface area (Å²) >= 11 is 0. The van der Waals surface area contributed by atoms with E-state index in [9.17, 15) is 14.7 Å². The summed E-state index contributed by atoms with van der Waals surface area (Å²) in [7, 11) is 0. The normalized spacial score (nSPS) is 19.4. The van der Waals surface area contributed by atoms with E-state index in [4.69, 9.17) is 14.2 Å². The van der Waals surface area contributed by atoms with E-state index in [0.29, 0.717) is 42.3 Å². The van der Waals surface area contributed by atoms with Crippen molar-refractivity contribution in [2.24, 2.45) is 0 Å². The van der Waals surface area contributed by atoms with Crippen LogP contribution in [0.15, 0.2) is 66.5 Å². The van der Waals surface area contributed by atoms with Gasteiger partial charge in [-0.15, -0.1) is 0 Å². The smallest absolute Gasteiger partial charge is 0.295 e. The number of rotatable bonds is 10. The number of Topliss-reactive ketones (excluding diaryl/α,β-unsaturated/α-hetero) is 1. The van der Waals surface area contributed by atoms with E-state index >= 15 is 0 Å². The van der Waals surface area contributed by atoms with Gasteiger partial charge in [-0.05, 0) is 79.4 Å². The highest BCUT2D eigenvalue weighted by atomic mass is 16.5. The Morgan fingerprint density at radius 1 is 1.05 bits per heavy atom. The van der Waals surface area contributed by atoms with Crippen LogP contribution in [0.25, 0.3) is 5.76 Å². The molecular weight excluding hydrogens is 508 g/mol. The predicted molar refractivity (Wildman–Crippen MR) is 150 cm³/mol. The van der Waals surface area contributed by atoms with Gasteiger partial charge in [0, 0.05) is 30.9 Å². The highest BCUT2D eigenvalue weighted by molar-refractivity contribution is 6.46. The summed E-state index contributed by atoms with van der Waals surface area (Å²) in [6.45, 7) is 7.10. The summed E-state index contributed by atoms with van der Waals surface area (Å²) in [4.78, 5) is 32.6. The van der Waals surface area contributed by atoms with Crippen LogP contribution in [0, 0.1) is 0 Å². The van der Waals surface area contributed by atoms with Gasteiger partial charge in [0.15, 0.2) is 11.5 Å². The number of aliphatic hydroxyl groups is 1. The molecule has 2 aliphatic rings. The van der Waals surface area contributed by atoms with Crippen LogP contribution in [0.4, 0.5) is 0 Å². The number of amides is 1. The first-order valence-electron chi connectivity index (χ1n) is 13.8. The quantitative estimate of drug-likeness (QED) is 0.154. The number of benzene rings is 2. The largest absolute Gasteiger partial charge is 0.507 e. The maximum Gasteiger partial charge on any atom is 0.295 e. The lowest BCUT2D eigenvalue weighted by Gasteiger charge is -2.26. The van der Waals surface area contributed by atoms with Crippen molar-refractivity contribution in [3.8, 4) is 17.2 Å². The molecule has 2 aromatic carbocycles. The van der Waals surface area contributed by atoms with Gasteiger partial charge in [0.2, 0.25) is 0 Å². The van der Waals surface area contributed by atoms with Gasteiger partial charge >= 0.3 is 0 Å². The second-order valence-electron chi connectivity index (χ2n) is 10.1. The predicted octanol–water partition coefficient (Wildman–Crippen LogP) is 5.60. The molecule has 2 atom stereocenters. The summed E-state index contributed by atoms with van der Waals surface area (Å²) in [6, 6.07) is 13.5. The number of hydrogen-bond donors (Lipinski definition) is 1. The number of ketones is 1. The zero-order valence-corrected chi connectivity index (χ0v) is 23.1. The van der Waals surface area contributed by atoms with Gasteiger partial charge in [0.05, 0.1) is 24.8 Å². The minimum atomic E-state index is -0.833. The van der Waals surface area contributed by atoms with Gasteiger partial charge in [-0.3, -0.25) is 14.6 Å². The number of fused-ring (bicyclic) bond motifs is 1. The molecule has 1 saturated heterocycles. The molecule has 8 nitrogen and oxygen atoms in total. The van der Waals surface area contributed by atoms with E-state index in [1.165, 1.54) is 4.90 Å². The SMILES string of the molecule is CCCCOc1ccc(C2C(=C(O)c3ccc4c(c3)CC(C)O4)C(=O)C(=O)N2Cc2ccncc2)cc1OCC. The van der Waals surface area contributed by atoms with E-state index in [0.717, 1.165) is 29.7 Å². The molecule has 3 aromatic rings. The fourth-order valence-corrected chi connectivity index (χ4v) is 5.21. The Hall–Kier alpha value is -4.33. The lowest BCUT2D eigenvalue weighted by molar-refractivity contribution is -0.140. The van der Waals surface area contributed by atoms with Gasteiger partial charge in [0.25, 0.3) is 11.7 Å². The Morgan fingerprint density at radius 2 is 1.85 bits per heavy atom. The van der Waals surface area contributed by atoms with Crippen LogP contribution < -0.4 is 14.2 Å². The molecule has 2 aliphatic heterocycles. The number of hydrogen-bond acceptors (Lipinski definition) is 7. The van der Waals surface area contributed by atoms with E-state index in [-0.39, 0.29) is 24.0 Å². The van der Waals surface area contributed by atoms with Crippen molar-refractivity contribution >= 4 is 17.4 Å². The van der Waals surface area contributed by atoms with E-state index in [1.807, 2.05) is 26.0 Å². The standard InChI is InChI=1S/C32H34N2O6/c1-4-6-15-39-26-10-7-22(18-27(26)38-5-2)29-28(30(35)23-8-9-25-24(17-23)16-20(3)40-25)31(36)32(37)34(29)19-21-11-13-33-14-12-21/h7-14,17-18,20,29,35H,4-6,15-16,19H2,1-3H3. The van der Waals surface area contributed by atoms with Crippen molar-refractivity contribution in [3.63, 3.8) is 0 Å². The average Bonchev–Trinajstić information content (AvgIpc) is 3.45. The topological polar surface area (TPSA) is 98.2 Å². The summed E-state index contributed by atoms with van der Waals surface area (Å²) < 4.78 is 17.7. The number of pyridine rings is 1. The number of likely N-dealkylation sites (tertiary alicyclic amines) is 1. The van der Waals surface area contributed by atoms with Crippen molar-refractivity contribution < 1.29 is 28.9 Å². The van der Waals surface area contributed by atoms with Crippen molar-refractivity contribution in [2.75, 3.05) is 13.2 Å². The zero-order valence-electron chi connectivity index (χ0n) is 23.1. The number of ether oxygens (including phenoxy) is 3. The first-order valence-corrected chi connectivity index (χ1v) is 13.8. The van der Waals surface area contributed by atoms with Crippen molar-refractivity contribution in [3.05, 3.63) is 88.8 Å². The van der Waals surface area contributed by atoms with Crippen LogP contribution in [0.2, 0.25) is 0 Å². The molecule has 0 spiro atoms. The number of unbranched alkanes of at least 4 members (excludes halogenated alkanes) is 1. The second kappa shape index (κ2) is 11.8. The molecule has 1 amide bonds. The Balaban J connectivity index is 1.61. The van der Waals surface area contributed by atoms with E-state index in [1.54, 1.807) is 48.8 Å². The number of nitrogens with zero attached hydrogens (tertiary/aromatic N) is 2. The number of carbonyl (C=O) groups is 2. The summed E-state index contributed by atoms with van der Waals surface area (Å²) in [5.74, 6) is 0.251. The maximum absolute atomic E-state index is 13.5. The first kappa shape index (κ1) is 27.2. The molecule has 5 rings (SSSR count). The molecule has 1 N–H and O–H groups in total. The molecule has 1 fully saturated rings. The fourth-order valence-electron chi connectivity index (χ4n) is 5.21. The molecular formula is C32H34N2O6. The fraction of sp³-hybridized carbons (Fsp3) is 0.344. The third-order valence-corrected chi connectivity index (χ3v) is 7.15. The van der Waals surface area contributed by atoms with Crippen LogP contribution in [0.3, 0.4) is 0 Å². The van der Waals surface area contributed by atoms with Gasteiger partial charge in [-0.2, -0.15) is 0 Å². The molecule has 2 unspecified atom stereocenters. The number of aliphatic hydroxyl groups excluding tert-OH is 1. The van der Waals surface area contributed by atoms with Crippen LogP contribution in [0.5, 0.6) is 17.2 Å². The highest BCUT2D eigenvalue weighted by Gasteiger charge is 2.46. The molecule has 0 bridgehead atoms. The average molecular weight is 543 g/mol. The van der Waals surface area contributed by atoms with Gasteiger partial charge in [-0.25, -0.2) is 0 Å². The monoisotopic (exact) mass is 542 g/mol. The van der Waals surface area contributed by atoms with Gasteiger partial charge in [-0.1, -0.05) is 19.4 Å². The summed E-state index contributed by atoms with van der Waals surface area (Å²) in [5.41, 5.74) is 2.90. The molecule has 40 heavy (non-hydrogen) atoms. The third kappa shape index (κ3) is 5.39. The number of aromatic nitrogens is 1. The number of carbonyl (C=O) groups excluding carboxylic acids is 2. The molecule has 208 valence electrons. The zero-order chi connectivity index (χ0) is 28.2. The third-order valence-electron chi connectivity index (χ3n) is 7.15. The molecule has 8 heteroatoms. The van der Waals surface area contributed by atoms with Crippen molar-refractivity contribution in [2.45, 2.75) is 58.7 Å². The minimum absolute atomic E-state index is 0.0352. The molecule has 1 aromatic heterocycles. The van der Waals surface area contributed by atoms with Crippen LogP contribution in [-0.2, 0) is 22.6 Å².